The van der Waals surface area contributed by atoms with Gasteiger partial charge in [-0.2, -0.15) is 0 Å². The van der Waals surface area contributed by atoms with Crippen LogP contribution in [-0.4, -0.2) is 4.98 Å². The van der Waals surface area contributed by atoms with Gasteiger partial charge in [-0.05, 0) is 41.0 Å². The summed E-state index contributed by atoms with van der Waals surface area (Å²) < 4.78 is 6.05. The van der Waals surface area contributed by atoms with Gasteiger partial charge in [-0.3, -0.25) is 0 Å². The molecule has 96 valence electrons. The van der Waals surface area contributed by atoms with Gasteiger partial charge in [0.05, 0.1) is 21.7 Å². The molecule has 0 saturated carbocycles. The SMILES string of the molecule is CCC(C)(N)c1nc2c(s1)C(C)(C)OC2(C)C. The summed E-state index contributed by atoms with van der Waals surface area (Å²) in [7, 11) is 0. The van der Waals surface area contributed by atoms with E-state index in [1.54, 1.807) is 11.3 Å². The summed E-state index contributed by atoms with van der Waals surface area (Å²) in [6, 6.07) is 0. The molecular weight excluding hydrogens is 232 g/mol. The lowest BCUT2D eigenvalue weighted by Crippen LogP contribution is -2.32. The summed E-state index contributed by atoms with van der Waals surface area (Å²) in [4.78, 5) is 5.97. The molecule has 2 heterocycles. The first kappa shape index (κ1) is 13.0. The number of hydrogen-bond acceptors (Lipinski definition) is 4. The van der Waals surface area contributed by atoms with E-state index >= 15 is 0 Å². The van der Waals surface area contributed by atoms with Crippen LogP contribution in [-0.2, 0) is 21.5 Å². The van der Waals surface area contributed by atoms with Crippen LogP contribution < -0.4 is 5.73 Å². The van der Waals surface area contributed by atoms with Crippen LogP contribution >= 0.6 is 11.3 Å². The molecule has 0 aliphatic carbocycles. The maximum atomic E-state index is 6.28. The molecule has 2 rings (SSSR count). The minimum absolute atomic E-state index is 0.251. The van der Waals surface area contributed by atoms with E-state index in [0.29, 0.717) is 0 Å². The molecule has 0 amide bonds. The number of ether oxygens (including phenoxy) is 1. The highest BCUT2D eigenvalue weighted by atomic mass is 32.1. The molecule has 3 nitrogen and oxygen atoms in total. The van der Waals surface area contributed by atoms with Gasteiger partial charge in [-0.15, -0.1) is 11.3 Å². The Morgan fingerprint density at radius 3 is 2.35 bits per heavy atom. The number of fused-ring (bicyclic) bond motifs is 1. The first-order chi connectivity index (χ1) is 7.60. The van der Waals surface area contributed by atoms with E-state index in [4.69, 9.17) is 15.5 Å². The van der Waals surface area contributed by atoms with Gasteiger partial charge < -0.3 is 10.5 Å². The monoisotopic (exact) mass is 254 g/mol. The second kappa shape index (κ2) is 3.53. The van der Waals surface area contributed by atoms with E-state index in [0.717, 1.165) is 17.1 Å². The predicted octanol–water partition coefficient (Wildman–Crippen LogP) is 3.23. The Morgan fingerprint density at radius 2 is 1.88 bits per heavy atom. The van der Waals surface area contributed by atoms with Crippen molar-refractivity contribution in [2.45, 2.75) is 64.7 Å². The second-order valence-corrected chi connectivity index (χ2v) is 7.09. The topological polar surface area (TPSA) is 48.1 Å². The Bertz CT molecular complexity index is 415. The summed E-state index contributed by atoms with van der Waals surface area (Å²) in [6.07, 6.45) is 0.890. The van der Waals surface area contributed by atoms with Crippen molar-refractivity contribution in [3.8, 4) is 0 Å². The molecule has 1 aliphatic rings. The van der Waals surface area contributed by atoms with Crippen molar-refractivity contribution in [1.29, 1.82) is 0 Å². The van der Waals surface area contributed by atoms with E-state index in [1.165, 1.54) is 4.88 Å². The fraction of sp³-hybridized carbons (Fsp3) is 0.769. The van der Waals surface area contributed by atoms with E-state index < -0.39 is 0 Å². The molecule has 4 heteroatoms. The third kappa shape index (κ3) is 1.92. The fourth-order valence-electron chi connectivity index (χ4n) is 2.26. The molecular formula is C13H22N2OS. The van der Waals surface area contributed by atoms with Gasteiger partial charge in [0.1, 0.15) is 10.6 Å². The molecule has 0 saturated heterocycles. The zero-order chi connectivity index (χ0) is 13.1. The molecule has 1 aromatic rings. The summed E-state index contributed by atoms with van der Waals surface area (Å²) in [5, 5.41) is 1.02. The Balaban J connectivity index is 2.54. The highest BCUT2D eigenvalue weighted by molar-refractivity contribution is 7.12. The average molecular weight is 254 g/mol. The molecule has 17 heavy (non-hydrogen) atoms. The Hall–Kier alpha value is -0.450. The van der Waals surface area contributed by atoms with Crippen LogP contribution in [0.5, 0.6) is 0 Å². The van der Waals surface area contributed by atoms with Crippen molar-refractivity contribution in [3.63, 3.8) is 0 Å². The van der Waals surface area contributed by atoms with Crippen LogP contribution in [0.25, 0.3) is 0 Å². The number of thiazole rings is 1. The lowest BCUT2D eigenvalue weighted by molar-refractivity contribution is -0.105. The molecule has 1 aromatic heterocycles. The van der Waals surface area contributed by atoms with Crippen molar-refractivity contribution < 1.29 is 4.74 Å². The number of aromatic nitrogens is 1. The lowest BCUT2D eigenvalue weighted by atomic mass is 10.0. The molecule has 0 fully saturated rings. The van der Waals surface area contributed by atoms with E-state index in [1.807, 2.05) is 6.92 Å². The van der Waals surface area contributed by atoms with Crippen LogP contribution in [0.1, 0.15) is 63.5 Å². The predicted molar refractivity (Wildman–Crippen MR) is 71.1 cm³/mol. The van der Waals surface area contributed by atoms with Crippen molar-refractivity contribution >= 4 is 11.3 Å². The van der Waals surface area contributed by atoms with Gasteiger partial charge in [0.15, 0.2) is 0 Å². The fourth-order valence-corrected chi connectivity index (χ4v) is 3.65. The van der Waals surface area contributed by atoms with Gasteiger partial charge in [0.25, 0.3) is 0 Å². The zero-order valence-electron chi connectivity index (χ0n) is 11.5. The van der Waals surface area contributed by atoms with Crippen molar-refractivity contribution in [2.24, 2.45) is 5.73 Å². The molecule has 0 spiro atoms. The molecule has 0 bridgehead atoms. The Morgan fingerprint density at radius 1 is 1.29 bits per heavy atom. The Kier molecular flexibility index (Phi) is 2.70. The van der Waals surface area contributed by atoms with Crippen LogP contribution in [0.15, 0.2) is 0 Å². The summed E-state index contributed by atoms with van der Waals surface area (Å²) in [5.41, 5.74) is 6.45. The lowest BCUT2D eigenvalue weighted by Gasteiger charge is -2.26. The normalized spacial score (nSPS) is 24.4. The molecule has 1 unspecified atom stereocenters. The standard InChI is InChI=1S/C13H22N2OS/c1-7-13(6,14)10-15-8-9(17-10)12(4,5)16-11(8,2)3/h7,14H2,1-6H3. The van der Waals surface area contributed by atoms with Crippen molar-refractivity contribution in [1.82, 2.24) is 4.98 Å². The van der Waals surface area contributed by atoms with Crippen molar-refractivity contribution in [3.05, 3.63) is 15.6 Å². The maximum absolute atomic E-state index is 6.28. The summed E-state index contributed by atoms with van der Waals surface area (Å²) in [6.45, 7) is 12.5. The zero-order valence-corrected chi connectivity index (χ0v) is 12.4. The highest BCUT2D eigenvalue weighted by Gasteiger charge is 2.47. The van der Waals surface area contributed by atoms with Gasteiger partial charge in [0.2, 0.25) is 0 Å². The smallest absolute Gasteiger partial charge is 0.113 e. The van der Waals surface area contributed by atoms with Crippen LogP contribution in [0.2, 0.25) is 0 Å². The summed E-state index contributed by atoms with van der Waals surface area (Å²) >= 11 is 1.70. The minimum atomic E-state index is -0.332. The van der Waals surface area contributed by atoms with Crippen LogP contribution in [0, 0.1) is 0 Å². The van der Waals surface area contributed by atoms with Gasteiger partial charge in [-0.25, -0.2) is 4.98 Å². The van der Waals surface area contributed by atoms with Gasteiger partial charge in [0, 0.05) is 0 Å². The second-order valence-electron chi connectivity index (χ2n) is 6.09. The molecule has 1 aliphatic heterocycles. The number of hydrogen-bond donors (Lipinski definition) is 1. The number of nitrogens with two attached hydrogens (primary N) is 1. The largest absolute Gasteiger partial charge is 0.358 e. The third-order valence-electron chi connectivity index (χ3n) is 3.48. The Labute approximate surface area is 107 Å². The van der Waals surface area contributed by atoms with Crippen LogP contribution in [0.3, 0.4) is 0 Å². The van der Waals surface area contributed by atoms with Gasteiger partial charge >= 0.3 is 0 Å². The first-order valence-electron chi connectivity index (χ1n) is 6.11. The van der Waals surface area contributed by atoms with Crippen LogP contribution in [0.4, 0.5) is 0 Å². The third-order valence-corrected chi connectivity index (χ3v) is 5.12. The average Bonchev–Trinajstić information content (AvgIpc) is 2.67. The van der Waals surface area contributed by atoms with Crippen molar-refractivity contribution in [2.75, 3.05) is 0 Å². The summed E-state index contributed by atoms with van der Waals surface area (Å²) in [5.74, 6) is 0. The quantitative estimate of drug-likeness (QED) is 0.881. The van der Waals surface area contributed by atoms with E-state index in [2.05, 4.69) is 34.6 Å². The number of nitrogens with zero attached hydrogens (tertiary/aromatic N) is 1. The molecule has 0 radical (unpaired) electrons. The molecule has 2 N–H and O–H groups in total. The molecule has 1 atom stereocenters. The maximum Gasteiger partial charge on any atom is 0.113 e. The van der Waals surface area contributed by atoms with E-state index in [-0.39, 0.29) is 16.7 Å². The number of rotatable bonds is 2. The van der Waals surface area contributed by atoms with Gasteiger partial charge in [-0.1, -0.05) is 6.92 Å². The minimum Gasteiger partial charge on any atom is -0.358 e. The first-order valence-corrected chi connectivity index (χ1v) is 6.93. The van der Waals surface area contributed by atoms with E-state index in [9.17, 15) is 0 Å². The highest BCUT2D eigenvalue weighted by Crippen LogP contribution is 2.50. The molecule has 0 aromatic carbocycles.